The van der Waals surface area contributed by atoms with Gasteiger partial charge in [0.05, 0.1) is 6.04 Å². The summed E-state index contributed by atoms with van der Waals surface area (Å²) in [5, 5.41) is 6.54. The van der Waals surface area contributed by atoms with Gasteiger partial charge in [0.2, 0.25) is 5.91 Å². The van der Waals surface area contributed by atoms with Crippen molar-refractivity contribution in [3.8, 4) is 0 Å². The lowest BCUT2D eigenvalue weighted by atomic mass is 9.75. The number of rotatable bonds is 2. The summed E-state index contributed by atoms with van der Waals surface area (Å²) < 4.78 is 0. The molecule has 1 heterocycles. The summed E-state index contributed by atoms with van der Waals surface area (Å²) in [5.74, 6) is 0.0946. The molecule has 26 heavy (non-hydrogen) atoms. The number of aryl methyl sites for hydroxylation is 2. The molecule has 4 nitrogen and oxygen atoms in total. The molecule has 4 N–H and O–H groups in total. The molecule has 1 aliphatic heterocycles. The van der Waals surface area contributed by atoms with E-state index in [-0.39, 0.29) is 17.4 Å². The number of carbonyl (C=O) groups excluding carboxylic acids is 1. The Morgan fingerprint density at radius 1 is 1.08 bits per heavy atom. The molecule has 1 fully saturated rings. The van der Waals surface area contributed by atoms with E-state index in [1.807, 2.05) is 6.07 Å². The van der Waals surface area contributed by atoms with Gasteiger partial charge < -0.3 is 16.4 Å². The number of carbonyl (C=O) groups is 1. The summed E-state index contributed by atoms with van der Waals surface area (Å²) in [4.78, 5) is 12.7. The molecule has 5 rings (SSSR count). The maximum Gasteiger partial charge on any atom is 0.241 e. The van der Waals surface area contributed by atoms with Gasteiger partial charge >= 0.3 is 0 Å². The molecule has 4 heteroatoms. The van der Waals surface area contributed by atoms with Crippen LogP contribution in [0, 0.1) is 0 Å². The molecule has 1 amide bonds. The third-order valence-electron chi connectivity index (χ3n) is 6.57. The Labute approximate surface area is 154 Å². The monoisotopic (exact) mass is 347 g/mol. The van der Waals surface area contributed by atoms with Crippen LogP contribution in [0.1, 0.15) is 47.9 Å². The second kappa shape index (κ2) is 5.85. The van der Waals surface area contributed by atoms with Gasteiger partial charge in [-0.25, -0.2) is 0 Å². The van der Waals surface area contributed by atoms with E-state index in [0.29, 0.717) is 0 Å². The van der Waals surface area contributed by atoms with Crippen LogP contribution in [-0.2, 0) is 23.1 Å². The predicted molar refractivity (Wildman–Crippen MR) is 104 cm³/mol. The van der Waals surface area contributed by atoms with Crippen molar-refractivity contribution >= 4 is 17.3 Å². The van der Waals surface area contributed by atoms with Crippen LogP contribution < -0.4 is 16.4 Å². The van der Waals surface area contributed by atoms with E-state index in [9.17, 15) is 4.79 Å². The van der Waals surface area contributed by atoms with Crippen molar-refractivity contribution in [2.45, 2.75) is 50.0 Å². The second-order valence-corrected chi connectivity index (χ2v) is 7.94. The van der Waals surface area contributed by atoms with Crippen molar-refractivity contribution in [3.05, 3.63) is 58.7 Å². The molecule has 2 aromatic rings. The molecule has 2 aliphatic carbocycles. The zero-order valence-electron chi connectivity index (χ0n) is 15.0. The minimum atomic E-state index is -0.0656. The Kier molecular flexibility index (Phi) is 3.57. The van der Waals surface area contributed by atoms with Crippen LogP contribution in [0.15, 0.2) is 36.4 Å². The van der Waals surface area contributed by atoms with E-state index in [2.05, 4.69) is 41.0 Å². The molecular weight excluding hydrogens is 322 g/mol. The van der Waals surface area contributed by atoms with Gasteiger partial charge in [-0.2, -0.15) is 0 Å². The van der Waals surface area contributed by atoms with E-state index in [1.165, 1.54) is 22.3 Å². The highest BCUT2D eigenvalue weighted by atomic mass is 16.2. The fourth-order valence-electron chi connectivity index (χ4n) is 5.46. The van der Waals surface area contributed by atoms with Gasteiger partial charge in [-0.15, -0.1) is 0 Å². The topological polar surface area (TPSA) is 67.1 Å². The quantitative estimate of drug-likeness (QED) is 0.731. The highest BCUT2D eigenvalue weighted by Crippen LogP contribution is 2.56. The minimum absolute atomic E-state index is 0.0387. The zero-order chi connectivity index (χ0) is 17.7. The number of hydrogen-bond acceptors (Lipinski definition) is 3. The lowest BCUT2D eigenvalue weighted by Crippen LogP contribution is -2.36. The van der Waals surface area contributed by atoms with Gasteiger partial charge in [0.25, 0.3) is 0 Å². The first-order valence-corrected chi connectivity index (χ1v) is 9.73. The molecule has 0 aromatic heterocycles. The van der Waals surface area contributed by atoms with Gasteiger partial charge in [-0.3, -0.25) is 4.79 Å². The minimum Gasteiger partial charge on any atom is -0.398 e. The van der Waals surface area contributed by atoms with Crippen LogP contribution in [-0.4, -0.2) is 18.5 Å². The van der Waals surface area contributed by atoms with Crippen LogP contribution in [0.4, 0.5) is 11.4 Å². The van der Waals surface area contributed by atoms with Crippen LogP contribution in [0.3, 0.4) is 0 Å². The fraction of sp³-hybridized carbons (Fsp3) is 0.409. The molecule has 0 saturated carbocycles. The number of anilines is 2. The normalized spacial score (nSPS) is 26.1. The number of nitrogens with two attached hydrogens (primary N) is 1. The van der Waals surface area contributed by atoms with E-state index in [4.69, 9.17) is 5.73 Å². The number of nitrogen functional groups attached to an aromatic ring is 1. The largest absolute Gasteiger partial charge is 0.398 e. The summed E-state index contributed by atoms with van der Waals surface area (Å²) >= 11 is 0. The van der Waals surface area contributed by atoms with Gasteiger partial charge in [-0.05, 0) is 79.5 Å². The Balaban J connectivity index is 1.59. The van der Waals surface area contributed by atoms with E-state index in [1.54, 1.807) is 0 Å². The number of hydrogen-bond donors (Lipinski definition) is 3. The fourth-order valence-corrected chi connectivity index (χ4v) is 5.46. The molecular formula is C22H25N3O. The number of amides is 1. The first kappa shape index (κ1) is 15.9. The molecule has 1 saturated heterocycles. The van der Waals surface area contributed by atoms with Gasteiger partial charge in [0.15, 0.2) is 0 Å². The molecule has 0 bridgehead atoms. The van der Waals surface area contributed by atoms with Crippen LogP contribution >= 0.6 is 0 Å². The SMILES string of the molecule is Nc1cccc2c1[C@]1(CC2)CCc2cccc(NC(=O)[C@@H]3CCCN3)c21. The van der Waals surface area contributed by atoms with Gasteiger partial charge in [0.1, 0.15) is 0 Å². The highest BCUT2D eigenvalue weighted by Gasteiger charge is 2.47. The van der Waals surface area contributed by atoms with E-state index >= 15 is 0 Å². The van der Waals surface area contributed by atoms with E-state index in [0.717, 1.165) is 56.4 Å². The first-order valence-electron chi connectivity index (χ1n) is 9.73. The molecule has 2 atom stereocenters. The molecule has 0 radical (unpaired) electrons. The molecule has 3 aliphatic rings. The lowest BCUT2D eigenvalue weighted by molar-refractivity contribution is -0.117. The van der Waals surface area contributed by atoms with Crippen molar-refractivity contribution in [1.29, 1.82) is 0 Å². The lowest BCUT2D eigenvalue weighted by Gasteiger charge is -2.30. The zero-order valence-corrected chi connectivity index (χ0v) is 15.0. The summed E-state index contributed by atoms with van der Waals surface area (Å²) in [6.45, 7) is 0.929. The Morgan fingerprint density at radius 3 is 2.54 bits per heavy atom. The third-order valence-corrected chi connectivity index (χ3v) is 6.57. The summed E-state index contributed by atoms with van der Waals surface area (Å²) in [7, 11) is 0. The maximum atomic E-state index is 12.7. The average molecular weight is 347 g/mol. The van der Waals surface area contributed by atoms with Crippen LogP contribution in [0.25, 0.3) is 0 Å². The van der Waals surface area contributed by atoms with E-state index < -0.39 is 0 Å². The van der Waals surface area contributed by atoms with Crippen LogP contribution in [0.5, 0.6) is 0 Å². The predicted octanol–water partition coefficient (Wildman–Crippen LogP) is 3.14. The van der Waals surface area contributed by atoms with Crippen molar-refractivity contribution < 1.29 is 4.79 Å². The van der Waals surface area contributed by atoms with Crippen LogP contribution in [0.2, 0.25) is 0 Å². The summed E-state index contributed by atoms with van der Waals surface area (Å²) in [5.41, 5.74) is 13.6. The third kappa shape index (κ3) is 2.21. The number of fused-ring (bicyclic) bond motifs is 4. The average Bonchev–Trinajstić information content (AvgIpc) is 3.37. The van der Waals surface area contributed by atoms with Crippen molar-refractivity contribution in [3.63, 3.8) is 0 Å². The van der Waals surface area contributed by atoms with Crippen molar-refractivity contribution in [1.82, 2.24) is 5.32 Å². The molecule has 1 spiro atoms. The maximum absolute atomic E-state index is 12.7. The van der Waals surface area contributed by atoms with Crippen molar-refractivity contribution in [2.75, 3.05) is 17.6 Å². The Morgan fingerprint density at radius 2 is 1.81 bits per heavy atom. The summed E-state index contributed by atoms with van der Waals surface area (Å²) in [6.07, 6.45) is 6.26. The number of benzene rings is 2. The number of nitrogens with one attached hydrogen (secondary N) is 2. The second-order valence-electron chi connectivity index (χ2n) is 7.94. The Hall–Kier alpha value is -2.33. The van der Waals surface area contributed by atoms with Crippen molar-refractivity contribution in [2.24, 2.45) is 0 Å². The highest BCUT2D eigenvalue weighted by molar-refractivity contribution is 5.96. The Bertz CT molecular complexity index is 881. The summed E-state index contributed by atoms with van der Waals surface area (Å²) in [6, 6.07) is 12.6. The molecule has 2 aromatic carbocycles. The van der Waals surface area contributed by atoms with Gasteiger partial charge in [-0.1, -0.05) is 24.3 Å². The standard InChI is InChI=1S/C22H25N3O/c23-16-6-1-4-14-9-11-22(19(14)16)12-10-15-5-2-7-17(20(15)22)25-21(26)18-8-3-13-24-18/h1-2,4-7,18,24H,3,8-13,23H2,(H,25,26)/t18-,22-/m0/s1. The van der Waals surface area contributed by atoms with Gasteiger partial charge in [0, 0.05) is 16.8 Å². The smallest absolute Gasteiger partial charge is 0.241 e. The molecule has 134 valence electrons. The molecule has 0 unspecified atom stereocenters. The first-order chi connectivity index (χ1) is 12.7.